The molecule has 0 spiro atoms. The molecule has 0 radical (unpaired) electrons. The zero-order valence-corrected chi connectivity index (χ0v) is 12.9. The number of hydrogen-bond donors (Lipinski definition) is 1. The van der Waals surface area contributed by atoms with Gasteiger partial charge in [0.15, 0.2) is 0 Å². The molecule has 0 aliphatic carbocycles. The first kappa shape index (κ1) is 14.3. The van der Waals surface area contributed by atoms with E-state index >= 15 is 0 Å². The van der Waals surface area contributed by atoms with Crippen LogP contribution in [0.4, 0.5) is 5.69 Å². The van der Waals surface area contributed by atoms with Crippen LogP contribution in [0.5, 0.6) is 0 Å². The average Bonchev–Trinajstić information content (AvgIpc) is 2.47. The van der Waals surface area contributed by atoms with Crippen LogP contribution in [-0.2, 0) is 6.54 Å². The maximum absolute atomic E-state index is 6.17. The predicted octanol–water partition coefficient (Wildman–Crippen LogP) is 2.34. The fourth-order valence-corrected chi connectivity index (χ4v) is 3.22. The van der Waals surface area contributed by atoms with Gasteiger partial charge < -0.3 is 10.6 Å². The Labute approximate surface area is 126 Å². The van der Waals surface area contributed by atoms with E-state index in [1.807, 2.05) is 30.3 Å². The van der Waals surface area contributed by atoms with E-state index in [1.54, 1.807) is 0 Å². The molecular weight excluding hydrogens is 260 g/mol. The molecule has 4 nitrogen and oxygen atoms in total. The molecule has 1 unspecified atom stereocenters. The summed E-state index contributed by atoms with van der Waals surface area (Å²) in [5.41, 5.74) is 9.04. The van der Waals surface area contributed by atoms with Gasteiger partial charge in [-0.15, -0.1) is 0 Å². The van der Waals surface area contributed by atoms with Gasteiger partial charge in [0.05, 0.1) is 11.2 Å². The quantitative estimate of drug-likeness (QED) is 0.939. The highest BCUT2D eigenvalue weighted by Gasteiger charge is 2.21. The number of rotatable bonds is 3. The van der Waals surface area contributed by atoms with Crippen molar-refractivity contribution in [2.24, 2.45) is 0 Å². The van der Waals surface area contributed by atoms with Gasteiger partial charge in [-0.1, -0.05) is 18.2 Å². The Morgan fingerprint density at radius 2 is 2.19 bits per heavy atom. The Morgan fingerprint density at radius 1 is 1.38 bits per heavy atom. The van der Waals surface area contributed by atoms with Crippen molar-refractivity contribution in [1.82, 2.24) is 14.8 Å². The van der Waals surface area contributed by atoms with Gasteiger partial charge in [0.2, 0.25) is 0 Å². The van der Waals surface area contributed by atoms with E-state index < -0.39 is 0 Å². The van der Waals surface area contributed by atoms with Gasteiger partial charge in [-0.3, -0.25) is 9.88 Å². The van der Waals surface area contributed by atoms with E-state index in [9.17, 15) is 0 Å². The first-order valence-corrected chi connectivity index (χ1v) is 7.66. The molecule has 1 aromatic heterocycles. The van der Waals surface area contributed by atoms with Gasteiger partial charge in [-0.05, 0) is 45.6 Å². The van der Waals surface area contributed by atoms with Crippen molar-refractivity contribution in [3.05, 3.63) is 36.0 Å². The topological polar surface area (TPSA) is 45.4 Å². The fourth-order valence-electron chi connectivity index (χ4n) is 3.22. The summed E-state index contributed by atoms with van der Waals surface area (Å²) in [7, 11) is 4.39. The standard InChI is InChI=1S/C17H24N4/c1-20-9-5-6-14(12-20)21(2)11-13-10-16(18)15-7-3-4-8-17(15)19-13/h3-4,7-8,10,14H,5-6,9,11-12H2,1-2H3,(H2,18,19). The summed E-state index contributed by atoms with van der Waals surface area (Å²) in [4.78, 5) is 9.57. The SMILES string of the molecule is CN1CCCC(N(C)Cc2cc(N)c3ccccc3n2)C1. The third kappa shape index (κ3) is 3.17. The minimum absolute atomic E-state index is 0.609. The lowest BCUT2D eigenvalue weighted by molar-refractivity contribution is 0.128. The second kappa shape index (κ2) is 6.00. The van der Waals surface area contributed by atoms with E-state index in [0.717, 1.165) is 35.4 Å². The lowest BCUT2D eigenvalue weighted by atomic mass is 10.0. The second-order valence-corrected chi connectivity index (χ2v) is 6.19. The van der Waals surface area contributed by atoms with Crippen LogP contribution in [0.2, 0.25) is 0 Å². The molecule has 1 fully saturated rings. The van der Waals surface area contributed by atoms with Crippen molar-refractivity contribution in [2.45, 2.75) is 25.4 Å². The Kier molecular flexibility index (Phi) is 4.08. The number of fused-ring (bicyclic) bond motifs is 1. The summed E-state index contributed by atoms with van der Waals surface area (Å²) in [6.07, 6.45) is 2.54. The van der Waals surface area contributed by atoms with Crippen molar-refractivity contribution in [2.75, 3.05) is 32.9 Å². The van der Waals surface area contributed by atoms with Crippen LogP contribution in [0.15, 0.2) is 30.3 Å². The number of likely N-dealkylation sites (tertiary alicyclic amines) is 1. The number of benzene rings is 1. The third-order valence-corrected chi connectivity index (χ3v) is 4.44. The summed E-state index contributed by atoms with van der Waals surface area (Å²) < 4.78 is 0. The molecular formula is C17H24N4. The predicted molar refractivity (Wildman–Crippen MR) is 88.1 cm³/mol. The number of hydrogen-bond acceptors (Lipinski definition) is 4. The molecule has 112 valence electrons. The monoisotopic (exact) mass is 284 g/mol. The van der Waals surface area contributed by atoms with Crippen LogP contribution in [0, 0.1) is 0 Å². The molecule has 0 bridgehead atoms. The van der Waals surface area contributed by atoms with Gasteiger partial charge in [-0.25, -0.2) is 0 Å². The molecule has 1 aromatic carbocycles. The molecule has 2 N–H and O–H groups in total. The Morgan fingerprint density at radius 3 is 3.00 bits per heavy atom. The van der Waals surface area contributed by atoms with Gasteiger partial charge >= 0.3 is 0 Å². The molecule has 2 heterocycles. The van der Waals surface area contributed by atoms with Gasteiger partial charge in [0.1, 0.15) is 0 Å². The van der Waals surface area contributed by atoms with Crippen LogP contribution in [-0.4, -0.2) is 48.0 Å². The van der Waals surface area contributed by atoms with Gasteiger partial charge in [-0.2, -0.15) is 0 Å². The van der Waals surface area contributed by atoms with Crippen LogP contribution in [0.1, 0.15) is 18.5 Å². The summed E-state index contributed by atoms with van der Waals surface area (Å²) in [5, 5.41) is 1.04. The first-order chi connectivity index (χ1) is 10.1. The van der Waals surface area contributed by atoms with E-state index in [-0.39, 0.29) is 0 Å². The number of piperidine rings is 1. The van der Waals surface area contributed by atoms with Crippen molar-refractivity contribution >= 4 is 16.6 Å². The first-order valence-electron chi connectivity index (χ1n) is 7.66. The summed E-state index contributed by atoms with van der Waals surface area (Å²) in [5.74, 6) is 0. The molecule has 2 aromatic rings. The maximum Gasteiger partial charge on any atom is 0.0726 e. The molecule has 0 amide bonds. The van der Waals surface area contributed by atoms with Crippen LogP contribution in [0.3, 0.4) is 0 Å². The van der Waals surface area contributed by atoms with Crippen LogP contribution < -0.4 is 5.73 Å². The molecule has 0 saturated carbocycles. The highest BCUT2D eigenvalue weighted by Crippen LogP contribution is 2.22. The number of pyridine rings is 1. The smallest absolute Gasteiger partial charge is 0.0726 e. The summed E-state index contributed by atoms with van der Waals surface area (Å²) >= 11 is 0. The molecule has 4 heteroatoms. The zero-order valence-electron chi connectivity index (χ0n) is 12.9. The Balaban J connectivity index is 1.78. The third-order valence-electron chi connectivity index (χ3n) is 4.44. The largest absolute Gasteiger partial charge is 0.398 e. The van der Waals surface area contributed by atoms with Gasteiger partial charge in [0.25, 0.3) is 0 Å². The summed E-state index contributed by atoms with van der Waals surface area (Å²) in [6.45, 7) is 3.21. The molecule has 1 aliphatic rings. The van der Waals surface area contributed by atoms with Gasteiger partial charge in [0, 0.05) is 30.2 Å². The zero-order chi connectivity index (χ0) is 14.8. The number of para-hydroxylation sites is 1. The van der Waals surface area contributed by atoms with Crippen molar-refractivity contribution in [1.29, 1.82) is 0 Å². The number of nitrogens with zero attached hydrogens (tertiary/aromatic N) is 3. The summed E-state index contributed by atoms with van der Waals surface area (Å²) in [6, 6.07) is 10.7. The number of likely N-dealkylation sites (N-methyl/N-ethyl adjacent to an activating group) is 2. The highest BCUT2D eigenvalue weighted by molar-refractivity contribution is 5.90. The Bertz CT molecular complexity index is 625. The van der Waals surface area contributed by atoms with Crippen LogP contribution >= 0.6 is 0 Å². The second-order valence-electron chi connectivity index (χ2n) is 6.19. The molecule has 1 aliphatic heterocycles. The van der Waals surface area contributed by atoms with Crippen molar-refractivity contribution in [3.63, 3.8) is 0 Å². The molecule has 3 rings (SSSR count). The minimum Gasteiger partial charge on any atom is -0.398 e. The molecule has 1 saturated heterocycles. The lowest BCUT2D eigenvalue weighted by Gasteiger charge is -2.35. The van der Waals surface area contributed by atoms with E-state index in [2.05, 4.69) is 23.9 Å². The Hall–Kier alpha value is -1.65. The lowest BCUT2D eigenvalue weighted by Crippen LogP contribution is -2.44. The van der Waals surface area contributed by atoms with Crippen molar-refractivity contribution in [3.8, 4) is 0 Å². The minimum atomic E-state index is 0.609. The van der Waals surface area contributed by atoms with Crippen molar-refractivity contribution < 1.29 is 0 Å². The number of anilines is 1. The van der Waals surface area contributed by atoms with E-state index in [4.69, 9.17) is 10.7 Å². The number of aromatic nitrogens is 1. The molecule has 1 atom stereocenters. The number of nitrogen functional groups attached to an aromatic ring is 1. The average molecular weight is 284 g/mol. The molecule has 21 heavy (non-hydrogen) atoms. The maximum atomic E-state index is 6.17. The number of nitrogens with two attached hydrogens (primary N) is 1. The van der Waals surface area contributed by atoms with Crippen LogP contribution in [0.25, 0.3) is 10.9 Å². The van der Waals surface area contributed by atoms with E-state index in [1.165, 1.54) is 19.4 Å². The normalized spacial score (nSPS) is 20.2. The highest BCUT2D eigenvalue weighted by atomic mass is 15.2. The van der Waals surface area contributed by atoms with E-state index in [0.29, 0.717) is 6.04 Å². The fraction of sp³-hybridized carbons (Fsp3) is 0.471.